The third kappa shape index (κ3) is 4.66. The number of carbonyl (C=O) groups excluding carboxylic acids is 1. The summed E-state index contributed by atoms with van der Waals surface area (Å²) in [5.74, 6) is -3.13. The molecule has 0 amide bonds. The van der Waals surface area contributed by atoms with Gasteiger partial charge in [0.1, 0.15) is 17.0 Å². The van der Waals surface area contributed by atoms with Crippen LogP contribution in [0.5, 0.6) is 0 Å². The van der Waals surface area contributed by atoms with Crippen LogP contribution in [0.25, 0.3) is 6.08 Å². The highest BCUT2D eigenvalue weighted by atomic mass is 35.5. The van der Waals surface area contributed by atoms with Gasteiger partial charge in [-0.1, -0.05) is 17.7 Å². The van der Waals surface area contributed by atoms with Crippen molar-refractivity contribution in [1.29, 1.82) is 0 Å². The number of carboxylic acid groups (broad SMARTS) is 1. The van der Waals surface area contributed by atoms with Crippen molar-refractivity contribution >= 4 is 29.6 Å². The molecule has 20 heavy (non-hydrogen) atoms. The predicted octanol–water partition coefficient (Wildman–Crippen LogP) is 3.29. The topological polar surface area (TPSA) is 63.6 Å². The number of aliphatic carboxylic acids is 1. The van der Waals surface area contributed by atoms with E-state index in [0.717, 1.165) is 12.1 Å². The number of hydrogen-bond donors (Lipinski definition) is 1. The number of hydrogen-bond acceptors (Lipinski definition) is 3. The van der Waals surface area contributed by atoms with Crippen molar-refractivity contribution in [2.45, 2.75) is 26.4 Å². The molecular formula is C14H14ClFO4. The quantitative estimate of drug-likeness (QED) is 0.403. The van der Waals surface area contributed by atoms with E-state index in [-0.39, 0.29) is 10.6 Å². The van der Waals surface area contributed by atoms with Gasteiger partial charge in [0.15, 0.2) is 0 Å². The fourth-order valence-corrected chi connectivity index (χ4v) is 1.43. The minimum Gasteiger partial charge on any atom is -0.477 e. The van der Waals surface area contributed by atoms with Crippen molar-refractivity contribution in [2.75, 3.05) is 0 Å². The smallest absolute Gasteiger partial charge is 0.346 e. The number of carboxylic acids is 1. The molecule has 0 aromatic heterocycles. The molecule has 1 aromatic carbocycles. The average Bonchev–Trinajstić information content (AvgIpc) is 2.27. The van der Waals surface area contributed by atoms with Crippen LogP contribution >= 0.6 is 11.6 Å². The molecule has 0 bridgehead atoms. The minimum atomic E-state index is -1.45. The SMILES string of the molecule is CC(C)(C)OC(=O)C(=Cc1ccc(Cl)c(F)c1)C(=O)O. The molecule has 0 spiro atoms. The van der Waals surface area contributed by atoms with Gasteiger partial charge in [-0.05, 0) is 44.5 Å². The highest BCUT2D eigenvalue weighted by Gasteiger charge is 2.24. The molecule has 4 nitrogen and oxygen atoms in total. The first-order chi connectivity index (χ1) is 9.10. The summed E-state index contributed by atoms with van der Waals surface area (Å²) in [4.78, 5) is 22.9. The summed E-state index contributed by atoms with van der Waals surface area (Å²) in [6, 6.07) is 3.71. The van der Waals surface area contributed by atoms with E-state index in [1.165, 1.54) is 12.1 Å². The van der Waals surface area contributed by atoms with E-state index in [2.05, 4.69) is 0 Å². The monoisotopic (exact) mass is 300 g/mol. The van der Waals surface area contributed by atoms with Crippen molar-refractivity contribution in [3.8, 4) is 0 Å². The highest BCUT2D eigenvalue weighted by molar-refractivity contribution is 6.30. The van der Waals surface area contributed by atoms with Gasteiger partial charge in [-0.3, -0.25) is 0 Å². The molecule has 0 atom stereocenters. The lowest BCUT2D eigenvalue weighted by atomic mass is 10.1. The van der Waals surface area contributed by atoms with Crippen LogP contribution in [0.3, 0.4) is 0 Å². The Bertz CT molecular complexity index is 573. The van der Waals surface area contributed by atoms with Crippen LogP contribution in [0, 0.1) is 5.82 Å². The summed E-state index contributed by atoms with van der Waals surface area (Å²) in [7, 11) is 0. The Kier molecular flexibility index (Phi) is 4.89. The Hall–Kier alpha value is -1.88. The van der Waals surface area contributed by atoms with Crippen LogP contribution in [0.1, 0.15) is 26.3 Å². The van der Waals surface area contributed by atoms with E-state index in [4.69, 9.17) is 21.4 Å². The summed E-state index contributed by atoms with van der Waals surface area (Å²) in [5.41, 5.74) is -1.20. The molecule has 108 valence electrons. The Balaban J connectivity index is 3.13. The second-order valence-corrected chi connectivity index (χ2v) is 5.45. The molecule has 0 saturated heterocycles. The lowest BCUT2D eigenvalue weighted by Gasteiger charge is -2.19. The molecule has 1 rings (SSSR count). The number of esters is 1. The van der Waals surface area contributed by atoms with Gasteiger partial charge in [0.25, 0.3) is 0 Å². The molecule has 0 unspecified atom stereocenters. The van der Waals surface area contributed by atoms with Crippen molar-refractivity contribution < 1.29 is 23.8 Å². The maximum absolute atomic E-state index is 13.3. The summed E-state index contributed by atoms with van der Waals surface area (Å²) in [6.07, 6.45) is 1.04. The Labute approximate surface area is 120 Å². The van der Waals surface area contributed by atoms with Crippen LogP contribution in [0.2, 0.25) is 5.02 Å². The Morgan fingerprint density at radius 3 is 2.40 bits per heavy atom. The number of rotatable bonds is 3. The molecule has 0 heterocycles. The summed E-state index contributed by atoms with van der Waals surface area (Å²) in [6.45, 7) is 4.85. The maximum Gasteiger partial charge on any atom is 0.346 e. The molecule has 6 heteroatoms. The average molecular weight is 301 g/mol. The molecule has 1 N–H and O–H groups in total. The molecule has 1 aromatic rings. The summed E-state index contributed by atoms with van der Waals surface area (Å²) in [5, 5.41) is 8.95. The zero-order valence-electron chi connectivity index (χ0n) is 11.2. The van der Waals surface area contributed by atoms with Crippen molar-refractivity contribution in [3.05, 3.63) is 40.2 Å². The van der Waals surface area contributed by atoms with Gasteiger partial charge in [0, 0.05) is 0 Å². The largest absolute Gasteiger partial charge is 0.477 e. The van der Waals surface area contributed by atoms with Crippen molar-refractivity contribution in [3.63, 3.8) is 0 Å². The second-order valence-electron chi connectivity index (χ2n) is 5.04. The number of benzene rings is 1. The van der Waals surface area contributed by atoms with Crippen LogP contribution in [-0.4, -0.2) is 22.6 Å². The van der Waals surface area contributed by atoms with Gasteiger partial charge < -0.3 is 9.84 Å². The van der Waals surface area contributed by atoms with Crippen LogP contribution < -0.4 is 0 Å². The molecule has 0 aliphatic carbocycles. The van der Waals surface area contributed by atoms with Crippen LogP contribution in [0.15, 0.2) is 23.8 Å². The second kappa shape index (κ2) is 6.05. The van der Waals surface area contributed by atoms with E-state index in [1.54, 1.807) is 20.8 Å². The number of halogens is 2. The molecule has 0 aliphatic heterocycles. The third-order valence-electron chi connectivity index (χ3n) is 2.10. The van der Waals surface area contributed by atoms with E-state index in [1.807, 2.05) is 0 Å². The summed E-state index contributed by atoms with van der Waals surface area (Å²) < 4.78 is 18.3. The Morgan fingerprint density at radius 1 is 1.35 bits per heavy atom. The number of ether oxygens (including phenoxy) is 1. The van der Waals surface area contributed by atoms with Gasteiger partial charge >= 0.3 is 11.9 Å². The van der Waals surface area contributed by atoms with E-state index < -0.39 is 28.9 Å². The molecule has 0 aliphatic rings. The van der Waals surface area contributed by atoms with Crippen molar-refractivity contribution in [1.82, 2.24) is 0 Å². The normalized spacial score (nSPS) is 12.2. The highest BCUT2D eigenvalue weighted by Crippen LogP contribution is 2.19. The zero-order valence-corrected chi connectivity index (χ0v) is 12.0. The van der Waals surface area contributed by atoms with Gasteiger partial charge in [0.05, 0.1) is 5.02 Å². The van der Waals surface area contributed by atoms with Gasteiger partial charge in [-0.2, -0.15) is 0 Å². The first-order valence-corrected chi connectivity index (χ1v) is 6.11. The predicted molar refractivity (Wildman–Crippen MR) is 72.9 cm³/mol. The number of carbonyl (C=O) groups is 2. The maximum atomic E-state index is 13.3. The molecule has 0 saturated carbocycles. The molecule has 0 fully saturated rings. The van der Waals surface area contributed by atoms with E-state index >= 15 is 0 Å². The summed E-state index contributed by atoms with van der Waals surface area (Å²) >= 11 is 5.53. The van der Waals surface area contributed by atoms with Gasteiger partial charge in [-0.25, -0.2) is 14.0 Å². The fourth-order valence-electron chi connectivity index (χ4n) is 1.31. The lowest BCUT2D eigenvalue weighted by molar-refractivity contribution is -0.152. The van der Waals surface area contributed by atoms with Crippen LogP contribution in [-0.2, 0) is 14.3 Å². The first-order valence-electron chi connectivity index (χ1n) is 5.73. The lowest BCUT2D eigenvalue weighted by Crippen LogP contribution is -2.27. The first kappa shape index (κ1) is 16.2. The Morgan fingerprint density at radius 2 is 1.95 bits per heavy atom. The standard InChI is InChI=1S/C14H14ClFO4/c1-14(2,3)20-13(19)9(12(17)18)6-8-4-5-10(15)11(16)7-8/h4-7H,1-3H3,(H,17,18). The van der Waals surface area contributed by atoms with E-state index in [0.29, 0.717) is 0 Å². The van der Waals surface area contributed by atoms with E-state index in [9.17, 15) is 14.0 Å². The fraction of sp³-hybridized carbons (Fsp3) is 0.286. The zero-order chi connectivity index (χ0) is 15.5. The van der Waals surface area contributed by atoms with Crippen molar-refractivity contribution in [2.24, 2.45) is 0 Å². The van der Waals surface area contributed by atoms with Crippen LogP contribution in [0.4, 0.5) is 4.39 Å². The molecular weight excluding hydrogens is 287 g/mol. The minimum absolute atomic E-state index is 0.0868. The van der Waals surface area contributed by atoms with Gasteiger partial charge in [0.2, 0.25) is 0 Å². The molecule has 0 radical (unpaired) electrons. The van der Waals surface area contributed by atoms with Gasteiger partial charge in [-0.15, -0.1) is 0 Å². The third-order valence-corrected chi connectivity index (χ3v) is 2.41.